The van der Waals surface area contributed by atoms with E-state index in [4.69, 9.17) is 17.0 Å². The minimum atomic E-state index is 0.712. The molecule has 0 bridgehead atoms. The molecule has 6 heteroatoms. The Hall–Kier alpha value is -1.14. The van der Waals surface area contributed by atoms with E-state index in [0.717, 1.165) is 44.8 Å². The van der Waals surface area contributed by atoms with E-state index < -0.39 is 0 Å². The molecule has 0 amide bonds. The Morgan fingerprint density at radius 1 is 1.32 bits per heavy atom. The molecular formula is C13H24N4OS. The van der Waals surface area contributed by atoms with Crippen LogP contribution < -0.4 is 10.6 Å². The lowest BCUT2D eigenvalue weighted by Crippen LogP contribution is -2.36. The number of hydrogen-bond donors (Lipinski definition) is 2. The van der Waals surface area contributed by atoms with Crippen molar-refractivity contribution in [2.24, 2.45) is 0 Å². The number of aromatic nitrogens is 2. The van der Waals surface area contributed by atoms with E-state index in [1.807, 2.05) is 11.6 Å². The van der Waals surface area contributed by atoms with Gasteiger partial charge in [-0.15, -0.1) is 0 Å². The SMILES string of the molecule is COCCCNC(=S)NCCCn1nc(C)cc1C. The summed E-state index contributed by atoms with van der Waals surface area (Å²) in [4.78, 5) is 0. The van der Waals surface area contributed by atoms with Gasteiger partial charge < -0.3 is 15.4 Å². The molecule has 2 N–H and O–H groups in total. The molecule has 0 saturated carbocycles. The number of rotatable bonds is 8. The summed E-state index contributed by atoms with van der Waals surface area (Å²) in [7, 11) is 1.70. The molecule has 19 heavy (non-hydrogen) atoms. The van der Waals surface area contributed by atoms with Gasteiger partial charge in [-0.3, -0.25) is 4.68 Å². The van der Waals surface area contributed by atoms with Crippen molar-refractivity contribution >= 4 is 17.3 Å². The minimum Gasteiger partial charge on any atom is -0.385 e. The Morgan fingerprint density at radius 2 is 2.00 bits per heavy atom. The molecule has 0 radical (unpaired) electrons. The van der Waals surface area contributed by atoms with E-state index in [0.29, 0.717) is 5.11 Å². The van der Waals surface area contributed by atoms with E-state index in [1.54, 1.807) is 7.11 Å². The van der Waals surface area contributed by atoms with Crippen molar-refractivity contribution in [3.05, 3.63) is 17.5 Å². The van der Waals surface area contributed by atoms with Crippen molar-refractivity contribution in [2.75, 3.05) is 26.8 Å². The third kappa shape index (κ3) is 6.54. The summed E-state index contributed by atoms with van der Waals surface area (Å²) >= 11 is 5.18. The van der Waals surface area contributed by atoms with Gasteiger partial charge in [-0.25, -0.2) is 0 Å². The monoisotopic (exact) mass is 284 g/mol. The van der Waals surface area contributed by atoms with Crippen molar-refractivity contribution in [3.8, 4) is 0 Å². The molecule has 0 saturated heterocycles. The first-order chi connectivity index (χ1) is 9.13. The van der Waals surface area contributed by atoms with Gasteiger partial charge in [0.25, 0.3) is 0 Å². The molecule has 0 aliphatic heterocycles. The Labute approximate surface area is 120 Å². The van der Waals surface area contributed by atoms with Gasteiger partial charge in [-0.05, 0) is 45.0 Å². The zero-order chi connectivity index (χ0) is 14.1. The van der Waals surface area contributed by atoms with Gasteiger partial charge in [-0.2, -0.15) is 5.10 Å². The van der Waals surface area contributed by atoms with Crippen LogP contribution >= 0.6 is 12.2 Å². The standard InChI is InChI=1S/C13H24N4OS/c1-11-10-12(2)17(16-11)8-4-6-14-13(19)15-7-5-9-18-3/h10H,4-9H2,1-3H3,(H2,14,15,19). The van der Waals surface area contributed by atoms with Crippen LogP contribution in [-0.2, 0) is 11.3 Å². The van der Waals surface area contributed by atoms with Crippen LogP contribution in [0.15, 0.2) is 6.07 Å². The van der Waals surface area contributed by atoms with Gasteiger partial charge >= 0.3 is 0 Å². The maximum atomic E-state index is 5.18. The maximum Gasteiger partial charge on any atom is 0.166 e. The third-order valence-corrected chi connectivity index (χ3v) is 3.04. The minimum absolute atomic E-state index is 0.712. The van der Waals surface area contributed by atoms with E-state index in [9.17, 15) is 0 Å². The predicted octanol–water partition coefficient (Wildman–Crippen LogP) is 1.39. The van der Waals surface area contributed by atoms with Crippen LogP contribution in [0.1, 0.15) is 24.2 Å². The lowest BCUT2D eigenvalue weighted by molar-refractivity contribution is 0.195. The molecule has 0 atom stereocenters. The van der Waals surface area contributed by atoms with Crippen LogP contribution in [0.2, 0.25) is 0 Å². The molecular weight excluding hydrogens is 260 g/mol. The number of aryl methyl sites for hydroxylation is 3. The molecule has 5 nitrogen and oxygen atoms in total. The second-order valence-corrected chi connectivity index (χ2v) is 4.94. The topological polar surface area (TPSA) is 51.1 Å². The van der Waals surface area contributed by atoms with Gasteiger partial charge in [0.05, 0.1) is 5.69 Å². The van der Waals surface area contributed by atoms with Crippen molar-refractivity contribution < 1.29 is 4.74 Å². The molecule has 0 aromatic carbocycles. The lowest BCUT2D eigenvalue weighted by Gasteiger charge is -2.10. The van der Waals surface area contributed by atoms with Gasteiger partial charge in [-0.1, -0.05) is 0 Å². The zero-order valence-corrected chi connectivity index (χ0v) is 12.8. The molecule has 0 fully saturated rings. The number of ether oxygens (including phenoxy) is 1. The van der Waals surface area contributed by atoms with Crippen molar-refractivity contribution in [1.29, 1.82) is 0 Å². The Balaban J connectivity index is 2.07. The largest absolute Gasteiger partial charge is 0.385 e. The van der Waals surface area contributed by atoms with Gasteiger partial charge in [0, 0.05) is 39.0 Å². The van der Waals surface area contributed by atoms with Crippen LogP contribution in [0.5, 0.6) is 0 Å². The highest BCUT2D eigenvalue weighted by Gasteiger charge is 2.00. The van der Waals surface area contributed by atoms with Crippen molar-refractivity contribution in [3.63, 3.8) is 0 Å². The average Bonchev–Trinajstić information content (AvgIpc) is 2.69. The van der Waals surface area contributed by atoms with Crippen LogP contribution in [-0.4, -0.2) is 41.7 Å². The second-order valence-electron chi connectivity index (χ2n) is 4.53. The number of thiocarbonyl (C=S) groups is 1. The lowest BCUT2D eigenvalue weighted by atomic mass is 10.4. The molecule has 108 valence electrons. The predicted molar refractivity (Wildman–Crippen MR) is 81.4 cm³/mol. The fourth-order valence-electron chi connectivity index (χ4n) is 1.81. The summed E-state index contributed by atoms with van der Waals surface area (Å²) in [6, 6.07) is 2.09. The molecule has 0 spiro atoms. The number of methoxy groups -OCH3 is 1. The van der Waals surface area contributed by atoms with Gasteiger partial charge in [0.1, 0.15) is 0 Å². The summed E-state index contributed by atoms with van der Waals surface area (Å²) in [6.07, 6.45) is 1.96. The maximum absolute atomic E-state index is 5.18. The molecule has 0 aliphatic carbocycles. The Bertz CT molecular complexity index is 392. The van der Waals surface area contributed by atoms with E-state index in [-0.39, 0.29) is 0 Å². The first-order valence-corrected chi connectivity index (χ1v) is 7.06. The Kier molecular flexibility index (Phi) is 7.43. The first kappa shape index (κ1) is 15.9. The Morgan fingerprint density at radius 3 is 2.58 bits per heavy atom. The second kappa shape index (κ2) is 8.87. The zero-order valence-electron chi connectivity index (χ0n) is 12.0. The molecule has 1 aromatic rings. The van der Waals surface area contributed by atoms with Crippen LogP contribution in [0, 0.1) is 13.8 Å². The highest BCUT2D eigenvalue weighted by Crippen LogP contribution is 2.02. The summed E-state index contributed by atoms with van der Waals surface area (Å²) in [5, 5.41) is 11.5. The van der Waals surface area contributed by atoms with Crippen molar-refractivity contribution in [2.45, 2.75) is 33.2 Å². The van der Waals surface area contributed by atoms with Crippen LogP contribution in [0.3, 0.4) is 0 Å². The number of hydrogen-bond acceptors (Lipinski definition) is 3. The molecule has 1 rings (SSSR count). The molecule has 0 aliphatic rings. The van der Waals surface area contributed by atoms with Crippen LogP contribution in [0.4, 0.5) is 0 Å². The summed E-state index contributed by atoms with van der Waals surface area (Å²) in [5.41, 5.74) is 2.28. The van der Waals surface area contributed by atoms with E-state index in [1.165, 1.54) is 5.69 Å². The quantitative estimate of drug-likeness (QED) is 0.558. The summed E-state index contributed by atoms with van der Waals surface area (Å²) in [5.74, 6) is 0. The van der Waals surface area contributed by atoms with E-state index in [2.05, 4.69) is 28.7 Å². The first-order valence-electron chi connectivity index (χ1n) is 6.65. The molecule has 0 unspecified atom stereocenters. The fourth-order valence-corrected chi connectivity index (χ4v) is 2.02. The fraction of sp³-hybridized carbons (Fsp3) is 0.692. The van der Waals surface area contributed by atoms with Gasteiger partial charge in [0.2, 0.25) is 0 Å². The molecule has 1 aromatic heterocycles. The number of nitrogens with zero attached hydrogens (tertiary/aromatic N) is 2. The summed E-state index contributed by atoms with van der Waals surface area (Å²) in [6.45, 7) is 7.47. The third-order valence-electron chi connectivity index (χ3n) is 2.75. The highest BCUT2D eigenvalue weighted by atomic mass is 32.1. The number of nitrogens with one attached hydrogen (secondary N) is 2. The smallest absolute Gasteiger partial charge is 0.166 e. The average molecular weight is 284 g/mol. The van der Waals surface area contributed by atoms with Gasteiger partial charge in [0.15, 0.2) is 5.11 Å². The van der Waals surface area contributed by atoms with Crippen molar-refractivity contribution in [1.82, 2.24) is 20.4 Å². The highest BCUT2D eigenvalue weighted by molar-refractivity contribution is 7.80. The molecule has 1 heterocycles. The van der Waals surface area contributed by atoms with E-state index >= 15 is 0 Å². The normalized spacial score (nSPS) is 10.5. The summed E-state index contributed by atoms with van der Waals surface area (Å²) < 4.78 is 7.00. The van der Waals surface area contributed by atoms with Crippen LogP contribution in [0.25, 0.3) is 0 Å².